The summed E-state index contributed by atoms with van der Waals surface area (Å²) in [6.07, 6.45) is 4.42. The molecule has 4 nitrogen and oxygen atoms in total. The Kier molecular flexibility index (Phi) is 4.60. The molecule has 0 radical (unpaired) electrons. The number of hydrogen-bond donors (Lipinski definition) is 2. The van der Waals surface area contributed by atoms with Crippen molar-refractivity contribution in [1.29, 1.82) is 0 Å². The first-order chi connectivity index (χ1) is 7.26. The van der Waals surface area contributed by atoms with Crippen LogP contribution < -0.4 is 10.6 Å². The third-order valence-corrected chi connectivity index (χ3v) is 2.10. The van der Waals surface area contributed by atoms with Gasteiger partial charge in [0.1, 0.15) is 18.0 Å². The van der Waals surface area contributed by atoms with Crippen LogP contribution in [0.5, 0.6) is 0 Å². The highest BCUT2D eigenvalue weighted by Crippen LogP contribution is 2.10. The molecular formula is C11H18N4. The van der Waals surface area contributed by atoms with Gasteiger partial charge in [0.05, 0.1) is 0 Å². The zero-order chi connectivity index (χ0) is 11.1. The number of aromatic nitrogens is 2. The molecular weight excluding hydrogens is 188 g/mol. The van der Waals surface area contributed by atoms with Crippen molar-refractivity contribution in [2.75, 3.05) is 17.2 Å². The number of hydrogen-bond acceptors (Lipinski definition) is 4. The van der Waals surface area contributed by atoms with Crippen molar-refractivity contribution in [3.8, 4) is 0 Å². The lowest BCUT2D eigenvalue weighted by Crippen LogP contribution is -2.14. The molecule has 1 unspecified atom stereocenters. The molecule has 0 aliphatic carbocycles. The van der Waals surface area contributed by atoms with Crippen molar-refractivity contribution in [1.82, 2.24) is 9.97 Å². The van der Waals surface area contributed by atoms with E-state index in [1.54, 1.807) is 12.4 Å². The SMILES string of the molecule is C=CCNc1cc(NC(C)CC)ncn1. The third-order valence-electron chi connectivity index (χ3n) is 2.10. The summed E-state index contributed by atoms with van der Waals surface area (Å²) < 4.78 is 0. The van der Waals surface area contributed by atoms with Gasteiger partial charge in [-0.15, -0.1) is 6.58 Å². The van der Waals surface area contributed by atoms with Crippen LogP contribution in [0.3, 0.4) is 0 Å². The molecule has 0 bridgehead atoms. The van der Waals surface area contributed by atoms with Gasteiger partial charge < -0.3 is 10.6 Å². The van der Waals surface area contributed by atoms with Crippen molar-refractivity contribution in [3.05, 3.63) is 25.0 Å². The normalized spacial score (nSPS) is 11.9. The fourth-order valence-electron chi connectivity index (χ4n) is 1.06. The Hall–Kier alpha value is -1.58. The maximum absolute atomic E-state index is 4.15. The van der Waals surface area contributed by atoms with E-state index in [1.165, 1.54) is 0 Å². The zero-order valence-electron chi connectivity index (χ0n) is 9.33. The van der Waals surface area contributed by atoms with Crippen LogP contribution in [0.25, 0.3) is 0 Å². The first kappa shape index (κ1) is 11.5. The van der Waals surface area contributed by atoms with Gasteiger partial charge in [0.2, 0.25) is 0 Å². The van der Waals surface area contributed by atoms with Crippen molar-refractivity contribution >= 4 is 11.6 Å². The van der Waals surface area contributed by atoms with Crippen molar-refractivity contribution in [2.45, 2.75) is 26.3 Å². The van der Waals surface area contributed by atoms with Crippen LogP contribution in [-0.4, -0.2) is 22.6 Å². The quantitative estimate of drug-likeness (QED) is 0.701. The molecule has 82 valence electrons. The van der Waals surface area contributed by atoms with E-state index in [2.05, 4.69) is 41.0 Å². The molecule has 0 amide bonds. The minimum absolute atomic E-state index is 0.423. The van der Waals surface area contributed by atoms with Crippen molar-refractivity contribution in [3.63, 3.8) is 0 Å². The minimum atomic E-state index is 0.423. The predicted molar refractivity (Wildman–Crippen MR) is 64.1 cm³/mol. The summed E-state index contributed by atoms with van der Waals surface area (Å²) in [6, 6.07) is 2.32. The van der Waals surface area contributed by atoms with Crippen LogP contribution in [0.1, 0.15) is 20.3 Å². The van der Waals surface area contributed by atoms with E-state index < -0.39 is 0 Å². The van der Waals surface area contributed by atoms with E-state index in [1.807, 2.05) is 6.07 Å². The molecule has 4 heteroatoms. The average Bonchev–Trinajstić information content (AvgIpc) is 2.26. The second-order valence-electron chi connectivity index (χ2n) is 3.41. The maximum Gasteiger partial charge on any atom is 0.131 e. The second kappa shape index (κ2) is 6.01. The number of nitrogens with zero attached hydrogens (tertiary/aromatic N) is 2. The molecule has 1 heterocycles. The largest absolute Gasteiger partial charge is 0.367 e. The molecule has 0 aromatic carbocycles. The Balaban J connectivity index is 2.61. The molecule has 0 fully saturated rings. The highest BCUT2D eigenvalue weighted by Gasteiger charge is 2.01. The summed E-state index contributed by atoms with van der Waals surface area (Å²) in [5.41, 5.74) is 0. The Morgan fingerprint density at radius 2 is 2.20 bits per heavy atom. The van der Waals surface area contributed by atoms with Gasteiger partial charge in [-0.25, -0.2) is 9.97 Å². The topological polar surface area (TPSA) is 49.8 Å². The predicted octanol–water partition coefficient (Wildman–Crippen LogP) is 2.28. The fraction of sp³-hybridized carbons (Fsp3) is 0.455. The molecule has 2 N–H and O–H groups in total. The highest BCUT2D eigenvalue weighted by atomic mass is 15.1. The van der Waals surface area contributed by atoms with E-state index in [-0.39, 0.29) is 0 Å². The Morgan fingerprint density at radius 3 is 2.87 bits per heavy atom. The Morgan fingerprint density at radius 1 is 1.47 bits per heavy atom. The monoisotopic (exact) mass is 206 g/mol. The summed E-state index contributed by atoms with van der Waals surface area (Å²) in [5.74, 6) is 1.67. The van der Waals surface area contributed by atoms with Crippen molar-refractivity contribution in [2.24, 2.45) is 0 Å². The van der Waals surface area contributed by atoms with Gasteiger partial charge in [0.25, 0.3) is 0 Å². The second-order valence-corrected chi connectivity index (χ2v) is 3.41. The highest BCUT2D eigenvalue weighted by molar-refractivity contribution is 5.47. The van der Waals surface area contributed by atoms with Gasteiger partial charge in [-0.3, -0.25) is 0 Å². The minimum Gasteiger partial charge on any atom is -0.367 e. The smallest absolute Gasteiger partial charge is 0.131 e. The van der Waals surface area contributed by atoms with E-state index in [0.29, 0.717) is 12.6 Å². The van der Waals surface area contributed by atoms with E-state index in [9.17, 15) is 0 Å². The van der Waals surface area contributed by atoms with Crippen LogP contribution in [0.4, 0.5) is 11.6 Å². The van der Waals surface area contributed by atoms with Gasteiger partial charge in [0, 0.05) is 18.7 Å². The lowest BCUT2D eigenvalue weighted by atomic mass is 10.2. The van der Waals surface area contributed by atoms with Crippen LogP contribution in [0.15, 0.2) is 25.0 Å². The molecule has 0 aliphatic rings. The van der Waals surface area contributed by atoms with Gasteiger partial charge in [-0.1, -0.05) is 13.0 Å². The summed E-state index contributed by atoms with van der Waals surface area (Å²) in [4.78, 5) is 8.25. The van der Waals surface area contributed by atoms with Gasteiger partial charge in [-0.2, -0.15) is 0 Å². The molecule has 15 heavy (non-hydrogen) atoms. The molecule has 1 aromatic rings. The van der Waals surface area contributed by atoms with Crippen LogP contribution in [-0.2, 0) is 0 Å². The standard InChI is InChI=1S/C11H18N4/c1-4-6-12-10-7-11(14-8-13-10)15-9(3)5-2/h4,7-9H,1,5-6H2,2-3H3,(H2,12,13,14,15). The number of nitrogens with one attached hydrogen (secondary N) is 2. The first-order valence-electron chi connectivity index (χ1n) is 5.19. The lowest BCUT2D eigenvalue weighted by Gasteiger charge is -2.12. The fourth-order valence-corrected chi connectivity index (χ4v) is 1.06. The number of anilines is 2. The van der Waals surface area contributed by atoms with Gasteiger partial charge in [-0.05, 0) is 13.3 Å². The van der Waals surface area contributed by atoms with Crippen LogP contribution in [0.2, 0.25) is 0 Å². The lowest BCUT2D eigenvalue weighted by molar-refractivity contribution is 0.758. The van der Waals surface area contributed by atoms with Gasteiger partial charge in [0.15, 0.2) is 0 Å². The van der Waals surface area contributed by atoms with Crippen molar-refractivity contribution < 1.29 is 0 Å². The van der Waals surface area contributed by atoms with Crippen LogP contribution in [0, 0.1) is 0 Å². The maximum atomic E-state index is 4.15. The summed E-state index contributed by atoms with van der Waals surface area (Å²) in [6.45, 7) is 8.61. The zero-order valence-corrected chi connectivity index (χ0v) is 9.33. The summed E-state index contributed by atoms with van der Waals surface area (Å²) >= 11 is 0. The summed E-state index contributed by atoms with van der Waals surface area (Å²) in [7, 11) is 0. The molecule has 1 atom stereocenters. The average molecular weight is 206 g/mol. The molecule has 0 spiro atoms. The van der Waals surface area contributed by atoms with Gasteiger partial charge >= 0.3 is 0 Å². The first-order valence-corrected chi connectivity index (χ1v) is 5.19. The summed E-state index contributed by atoms with van der Waals surface area (Å²) in [5, 5.41) is 6.41. The Labute approximate surface area is 90.8 Å². The van der Waals surface area contributed by atoms with E-state index >= 15 is 0 Å². The molecule has 1 rings (SSSR count). The van der Waals surface area contributed by atoms with E-state index in [0.717, 1.165) is 18.1 Å². The van der Waals surface area contributed by atoms with Crippen LogP contribution >= 0.6 is 0 Å². The van der Waals surface area contributed by atoms with E-state index in [4.69, 9.17) is 0 Å². The third kappa shape index (κ3) is 3.97. The number of rotatable bonds is 6. The molecule has 0 saturated heterocycles. The molecule has 1 aromatic heterocycles. The Bertz CT molecular complexity index is 311. The molecule has 0 aliphatic heterocycles. The molecule has 0 saturated carbocycles.